The number of likely N-dealkylation sites (tertiary alicyclic amines) is 1. The zero-order valence-electron chi connectivity index (χ0n) is 14.9. The van der Waals surface area contributed by atoms with Crippen molar-refractivity contribution in [3.05, 3.63) is 33.4 Å². The van der Waals surface area contributed by atoms with Crippen LogP contribution in [0.2, 0.25) is 0 Å². The van der Waals surface area contributed by atoms with Gasteiger partial charge in [-0.3, -0.25) is 9.59 Å². The van der Waals surface area contributed by atoms with E-state index in [1.54, 1.807) is 17.4 Å². The van der Waals surface area contributed by atoms with Crippen LogP contribution < -0.4 is 11.3 Å². The largest absolute Gasteiger partial charge is 0.394 e. The zero-order chi connectivity index (χ0) is 18.1. The molecule has 3 heterocycles. The third kappa shape index (κ3) is 3.61. The van der Waals surface area contributed by atoms with Crippen LogP contribution in [0.3, 0.4) is 0 Å². The van der Waals surface area contributed by atoms with Gasteiger partial charge >= 0.3 is 0 Å². The molecule has 0 saturated carbocycles. The van der Waals surface area contributed by atoms with Gasteiger partial charge in [0.15, 0.2) is 0 Å². The molecule has 0 spiro atoms. The minimum Gasteiger partial charge on any atom is -0.394 e. The lowest BCUT2D eigenvalue weighted by Gasteiger charge is -2.39. The number of aryl methyl sites for hydroxylation is 1. The van der Waals surface area contributed by atoms with Crippen molar-refractivity contribution in [2.45, 2.75) is 58.7 Å². The summed E-state index contributed by atoms with van der Waals surface area (Å²) in [6.07, 6.45) is 3.12. The summed E-state index contributed by atoms with van der Waals surface area (Å²) < 4.78 is 1.20. The maximum absolute atomic E-state index is 12.8. The SMILES string of the molecule is Cc1ccc(-c2cc(N)c(=O)n(CC(=O)N3[C@@H](C)CCC[C@@H]3C)n2)s1. The molecule has 0 radical (unpaired) electrons. The predicted molar refractivity (Wildman–Crippen MR) is 101 cm³/mol. The summed E-state index contributed by atoms with van der Waals surface area (Å²) in [5, 5.41) is 4.39. The molecule has 2 atom stereocenters. The molecule has 1 saturated heterocycles. The van der Waals surface area contributed by atoms with Crippen LogP contribution in [0.4, 0.5) is 5.69 Å². The number of carbonyl (C=O) groups excluding carboxylic acids is 1. The van der Waals surface area contributed by atoms with Gasteiger partial charge in [0.1, 0.15) is 17.9 Å². The number of hydrogen-bond donors (Lipinski definition) is 1. The third-order valence-electron chi connectivity index (χ3n) is 4.76. The lowest BCUT2D eigenvalue weighted by atomic mass is 9.97. The first-order valence-electron chi connectivity index (χ1n) is 8.62. The van der Waals surface area contributed by atoms with Gasteiger partial charge in [-0.15, -0.1) is 11.3 Å². The second-order valence-corrected chi connectivity index (χ2v) is 8.08. The number of thiophene rings is 1. The zero-order valence-corrected chi connectivity index (χ0v) is 15.7. The number of nitrogens with zero attached hydrogens (tertiary/aromatic N) is 3. The highest BCUT2D eigenvalue weighted by Gasteiger charge is 2.29. The summed E-state index contributed by atoms with van der Waals surface area (Å²) in [6, 6.07) is 5.91. The van der Waals surface area contributed by atoms with Crippen molar-refractivity contribution in [2.24, 2.45) is 0 Å². The molecular formula is C18H24N4O2S. The van der Waals surface area contributed by atoms with E-state index in [4.69, 9.17) is 5.73 Å². The van der Waals surface area contributed by atoms with Crippen LogP contribution in [0.15, 0.2) is 23.0 Å². The number of carbonyl (C=O) groups is 1. The number of anilines is 1. The molecule has 0 aromatic carbocycles. The number of piperidine rings is 1. The summed E-state index contributed by atoms with van der Waals surface area (Å²) in [5.74, 6) is -0.0757. The predicted octanol–water partition coefficient (Wildman–Crippen LogP) is 2.65. The van der Waals surface area contributed by atoms with E-state index >= 15 is 0 Å². The number of aromatic nitrogens is 2. The van der Waals surface area contributed by atoms with E-state index in [-0.39, 0.29) is 30.2 Å². The molecule has 3 rings (SSSR count). The maximum atomic E-state index is 12.8. The van der Waals surface area contributed by atoms with Crippen LogP contribution in [0.1, 0.15) is 38.0 Å². The van der Waals surface area contributed by atoms with Crippen LogP contribution in [-0.2, 0) is 11.3 Å². The van der Waals surface area contributed by atoms with E-state index in [0.29, 0.717) is 5.69 Å². The highest BCUT2D eigenvalue weighted by atomic mass is 32.1. The van der Waals surface area contributed by atoms with Gasteiger partial charge in [-0.25, -0.2) is 4.68 Å². The minimum absolute atomic E-state index is 0.0735. The van der Waals surface area contributed by atoms with Crippen LogP contribution in [0.25, 0.3) is 10.6 Å². The molecule has 2 aromatic heterocycles. The highest BCUT2D eigenvalue weighted by Crippen LogP contribution is 2.26. The van der Waals surface area contributed by atoms with Crippen molar-refractivity contribution in [3.8, 4) is 10.6 Å². The molecule has 25 heavy (non-hydrogen) atoms. The molecule has 0 unspecified atom stereocenters. The van der Waals surface area contributed by atoms with Crippen molar-refractivity contribution >= 4 is 22.9 Å². The number of nitrogens with two attached hydrogens (primary N) is 1. The Kier molecular flexibility index (Phi) is 4.94. The molecule has 1 aliphatic rings. The molecule has 1 fully saturated rings. The van der Waals surface area contributed by atoms with E-state index in [2.05, 4.69) is 18.9 Å². The van der Waals surface area contributed by atoms with Crippen LogP contribution in [-0.4, -0.2) is 32.7 Å². The average Bonchev–Trinajstić information content (AvgIpc) is 2.98. The smallest absolute Gasteiger partial charge is 0.290 e. The fourth-order valence-electron chi connectivity index (χ4n) is 3.48. The first kappa shape index (κ1) is 17.7. The molecular weight excluding hydrogens is 336 g/mol. The van der Waals surface area contributed by atoms with Crippen molar-refractivity contribution in [1.82, 2.24) is 14.7 Å². The minimum atomic E-state index is -0.414. The normalized spacial score (nSPS) is 20.7. The van der Waals surface area contributed by atoms with Gasteiger partial charge in [0.2, 0.25) is 5.91 Å². The van der Waals surface area contributed by atoms with Gasteiger partial charge in [-0.05, 0) is 58.2 Å². The maximum Gasteiger partial charge on any atom is 0.290 e. The van der Waals surface area contributed by atoms with Gasteiger partial charge in [0.05, 0.1) is 4.88 Å². The van der Waals surface area contributed by atoms with Crippen LogP contribution >= 0.6 is 11.3 Å². The Morgan fingerprint density at radius 1 is 1.32 bits per heavy atom. The second-order valence-electron chi connectivity index (χ2n) is 6.79. The number of amides is 1. The fourth-order valence-corrected chi connectivity index (χ4v) is 4.31. The molecule has 134 valence electrons. The van der Waals surface area contributed by atoms with Gasteiger partial charge in [-0.2, -0.15) is 5.10 Å². The summed E-state index contributed by atoms with van der Waals surface area (Å²) in [6.45, 7) is 6.05. The summed E-state index contributed by atoms with van der Waals surface area (Å²) in [4.78, 5) is 29.1. The van der Waals surface area contributed by atoms with Gasteiger partial charge in [0, 0.05) is 17.0 Å². The van der Waals surface area contributed by atoms with Crippen LogP contribution in [0, 0.1) is 6.92 Å². The van der Waals surface area contributed by atoms with Gasteiger partial charge in [0.25, 0.3) is 5.56 Å². The lowest BCUT2D eigenvalue weighted by molar-refractivity contribution is -0.138. The molecule has 7 heteroatoms. The monoisotopic (exact) mass is 360 g/mol. The van der Waals surface area contributed by atoms with E-state index < -0.39 is 5.56 Å². The third-order valence-corrected chi connectivity index (χ3v) is 5.78. The van der Waals surface area contributed by atoms with Crippen molar-refractivity contribution < 1.29 is 4.79 Å². The van der Waals surface area contributed by atoms with E-state index in [0.717, 1.165) is 29.0 Å². The lowest BCUT2D eigenvalue weighted by Crippen LogP contribution is -2.49. The summed E-state index contributed by atoms with van der Waals surface area (Å²) >= 11 is 1.58. The second kappa shape index (κ2) is 7.00. The summed E-state index contributed by atoms with van der Waals surface area (Å²) in [7, 11) is 0. The molecule has 2 aromatic rings. The highest BCUT2D eigenvalue weighted by molar-refractivity contribution is 7.15. The number of hydrogen-bond acceptors (Lipinski definition) is 5. The fraction of sp³-hybridized carbons (Fsp3) is 0.500. The Morgan fingerprint density at radius 2 is 2.00 bits per heavy atom. The molecule has 1 aliphatic heterocycles. The molecule has 1 amide bonds. The molecule has 6 nitrogen and oxygen atoms in total. The van der Waals surface area contributed by atoms with Gasteiger partial charge < -0.3 is 10.6 Å². The Bertz CT molecular complexity index is 832. The molecule has 0 bridgehead atoms. The Hall–Kier alpha value is -2.15. The molecule has 2 N–H and O–H groups in total. The van der Waals surface area contributed by atoms with Crippen molar-refractivity contribution in [3.63, 3.8) is 0 Å². The quantitative estimate of drug-likeness (QED) is 0.912. The van der Waals surface area contributed by atoms with E-state index in [9.17, 15) is 9.59 Å². The average molecular weight is 360 g/mol. The standard InChI is InChI=1S/C18H24N4O2S/c1-11-5-4-6-12(2)22(11)17(23)10-21-18(24)14(19)9-15(20-21)16-8-7-13(3)25-16/h7-9,11-12H,4-6,10,19H2,1-3H3/t11-,12-/m0/s1. The van der Waals surface area contributed by atoms with E-state index in [1.165, 1.54) is 4.68 Å². The number of nitrogen functional groups attached to an aromatic ring is 1. The topological polar surface area (TPSA) is 81.2 Å². The van der Waals surface area contributed by atoms with E-state index in [1.807, 2.05) is 24.0 Å². The Balaban J connectivity index is 1.90. The molecule has 0 aliphatic carbocycles. The Labute approximate surface area is 151 Å². The number of rotatable bonds is 3. The van der Waals surface area contributed by atoms with Crippen LogP contribution in [0.5, 0.6) is 0 Å². The van der Waals surface area contributed by atoms with Crippen molar-refractivity contribution in [1.29, 1.82) is 0 Å². The Morgan fingerprint density at radius 3 is 2.60 bits per heavy atom. The first-order valence-corrected chi connectivity index (χ1v) is 9.44. The van der Waals surface area contributed by atoms with Crippen molar-refractivity contribution in [2.75, 3.05) is 5.73 Å². The summed E-state index contributed by atoms with van der Waals surface area (Å²) in [5.41, 5.74) is 6.21. The van der Waals surface area contributed by atoms with Gasteiger partial charge in [-0.1, -0.05) is 0 Å². The first-order chi connectivity index (χ1) is 11.9.